The molecule has 0 spiro atoms. The van der Waals surface area contributed by atoms with Crippen LogP contribution in [-0.4, -0.2) is 15.7 Å². The van der Waals surface area contributed by atoms with E-state index in [1.165, 1.54) is 25.7 Å². The van der Waals surface area contributed by atoms with Gasteiger partial charge in [0.05, 0.1) is 0 Å². The van der Waals surface area contributed by atoms with E-state index in [0.717, 1.165) is 16.6 Å². The summed E-state index contributed by atoms with van der Waals surface area (Å²) < 4.78 is 0. The molecule has 1 aromatic carbocycles. The molecule has 3 nitrogen and oxygen atoms in total. The Bertz CT molecular complexity index is 576. The predicted octanol–water partition coefficient (Wildman–Crippen LogP) is 4.03. The summed E-state index contributed by atoms with van der Waals surface area (Å²) in [5, 5.41) is 14.3. The Kier molecular flexibility index (Phi) is 2.86. The minimum Gasteiger partial charge on any atom is -0.363 e. The molecule has 3 rings (SSSR count). The molecular formula is C14H16ClN3. The van der Waals surface area contributed by atoms with Crippen LogP contribution in [0.5, 0.6) is 0 Å². The van der Waals surface area contributed by atoms with Crippen molar-refractivity contribution in [3.05, 3.63) is 29.4 Å². The van der Waals surface area contributed by atoms with Crippen molar-refractivity contribution in [1.29, 1.82) is 0 Å². The Morgan fingerprint density at radius 1 is 1.11 bits per heavy atom. The summed E-state index contributed by atoms with van der Waals surface area (Å²) in [5.41, 5.74) is 0.144. The van der Waals surface area contributed by atoms with Crippen LogP contribution in [0.15, 0.2) is 24.3 Å². The van der Waals surface area contributed by atoms with Crippen molar-refractivity contribution in [1.82, 2.24) is 10.2 Å². The number of fused-ring (bicyclic) bond motifs is 1. The van der Waals surface area contributed by atoms with Crippen LogP contribution in [0.1, 0.15) is 32.6 Å². The van der Waals surface area contributed by atoms with Crippen molar-refractivity contribution < 1.29 is 0 Å². The first kappa shape index (κ1) is 11.7. The summed E-state index contributed by atoms with van der Waals surface area (Å²) in [5.74, 6) is 0.847. The average molecular weight is 262 g/mol. The van der Waals surface area contributed by atoms with E-state index < -0.39 is 0 Å². The lowest BCUT2D eigenvalue weighted by atomic mass is 10.0. The van der Waals surface area contributed by atoms with Crippen LogP contribution < -0.4 is 5.32 Å². The molecule has 0 aliphatic heterocycles. The highest BCUT2D eigenvalue weighted by molar-refractivity contribution is 6.34. The molecule has 0 amide bonds. The summed E-state index contributed by atoms with van der Waals surface area (Å²) in [6.07, 6.45) is 4.93. The van der Waals surface area contributed by atoms with Crippen LogP contribution in [-0.2, 0) is 0 Å². The first-order chi connectivity index (χ1) is 8.68. The van der Waals surface area contributed by atoms with Crippen molar-refractivity contribution in [2.24, 2.45) is 0 Å². The van der Waals surface area contributed by atoms with Crippen LogP contribution >= 0.6 is 11.6 Å². The molecule has 1 heterocycles. The fourth-order valence-electron chi connectivity index (χ4n) is 2.73. The largest absolute Gasteiger partial charge is 0.363 e. The van der Waals surface area contributed by atoms with E-state index in [4.69, 9.17) is 11.6 Å². The first-order valence-corrected chi connectivity index (χ1v) is 6.75. The molecule has 1 aromatic heterocycles. The lowest BCUT2D eigenvalue weighted by molar-refractivity contribution is 0.531. The minimum atomic E-state index is 0.144. The van der Waals surface area contributed by atoms with Crippen LogP contribution in [0, 0.1) is 0 Å². The molecule has 1 aliphatic rings. The molecule has 0 bridgehead atoms. The lowest BCUT2D eigenvalue weighted by Crippen LogP contribution is -2.31. The zero-order chi connectivity index (χ0) is 12.6. The standard InChI is InChI=1S/C14H16ClN3/c1-14(8-4-5-9-14)16-13-11-7-3-2-6-10(11)12(15)17-18-13/h2-3,6-7H,4-5,8-9H2,1H3,(H,16,18). The topological polar surface area (TPSA) is 37.8 Å². The average Bonchev–Trinajstić information content (AvgIpc) is 2.80. The van der Waals surface area contributed by atoms with Crippen LogP contribution in [0.25, 0.3) is 10.8 Å². The fraction of sp³-hybridized carbons (Fsp3) is 0.429. The van der Waals surface area contributed by atoms with Gasteiger partial charge >= 0.3 is 0 Å². The summed E-state index contributed by atoms with van der Waals surface area (Å²) in [7, 11) is 0. The van der Waals surface area contributed by atoms with Gasteiger partial charge in [0, 0.05) is 16.3 Å². The van der Waals surface area contributed by atoms with Gasteiger partial charge in [0.1, 0.15) is 0 Å². The van der Waals surface area contributed by atoms with E-state index in [0.29, 0.717) is 5.15 Å². The summed E-state index contributed by atoms with van der Waals surface area (Å²) in [6, 6.07) is 7.99. The Labute approximate surface area is 112 Å². The van der Waals surface area contributed by atoms with E-state index in [1.54, 1.807) is 0 Å². The monoisotopic (exact) mass is 261 g/mol. The molecule has 1 saturated carbocycles. The molecule has 0 unspecified atom stereocenters. The molecule has 18 heavy (non-hydrogen) atoms. The van der Waals surface area contributed by atoms with Crippen molar-refractivity contribution in [2.75, 3.05) is 5.32 Å². The zero-order valence-corrected chi connectivity index (χ0v) is 11.2. The second-order valence-corrected chi connectivity index (χ2v) is 5.64. The van der Waals surface area contributed by atoms with Crippen LogP contribution in [0.3, 0.4) is 0 Å². The summed E-state index contributed by atoms with van der Waals surface area (Å²) >= 11 is 6.08. The molecule has 4 heteroatoms. The second-order valence-electron chi connectivity index (χ2n) is 5.28. The molecule has 94 valence electrons. The van der Waals surface area contributed by atoms with Gasteiger partial charge in [-0.15, -0.1) is 10.2 Å². The number of anilines is 1. The Balaban J connectivity index is 2.04. The van der Waals surface area contributed by atoms with Gasteiger partial charge in [-0.25, -0.2) is 0 Å². The highest BCUT2D eigenvalue weighted by atomic mass is 35.5. The molecule has 1 aliphatic carbocycles. The second kappa shape index (κ2) is 4.39. The van der Waals surface area contributed by atoms with Gasteiger partial charge < -0.3 is 5.32 Å². The summed E-state index contributed by atoms with van der Waals surface area (Å²) in [6.45, 7) is 2.26. The zero-order valence-electron chi connectivity index (χ0n) is 10.4. The fourth-order valence-corrected chi connectivity index (χ4v) is 2.93. The van der Waals surface area contributed by atoms with Gasteiger partial charge in [0.2, 0.25) is 0 Å². The SMILES string of the molecule is CC1(Nc2nnc(Cl)c3ccccc23)CCCC1. The Hall–Kier alpha value is -1.35. The number of nitrogens with zero attached hydrogens (tertiary/aromatic N) is 2. The van der Waals surface area contributed by atoms with Gasteiger partial charge in [-0.3, -0.25) is 0 Å². The third kappa shape index (κ3) is 2.03. The van der Waals surface area contributed by atoms with E-state index in [1.807, 2.05) is 24.3 Å². The number of rotatable bonds is 2. The number of halogens is 1. The number of hydrogen-bond acceptors (Lipinski definition) is 3. The van der Waals surface area contributed by atoms with Crippen molar-refractivity contribution in [2.45, 2.75) is 38.1 Å². The number of benzene rings is 1. The Morgan fingerprint density at radius 3 is 2.50 bits per heavy atom. The molecule has 1 N–H and O–H groups in total. The van der Waals surface area contributed by atoms with E-state index in [9.17, 15) is 0 Å². The van der Waals surface area contributed by atoms with Crippen molar-refractivity contribution >= 4 is 28.2 Å². The smallest absolute Gasteiger partial charge is 0.159 e. The number of hydrogen-bond donors (Lipinski definition) is 1. The van der Waals surface area contributed by atoms with Crippen molar-refractivity contribution in [3.63, 3.8) is 0 Å². The maximum Gasteiger partial charge on any atom is 0.159 e. The maximum atomic E-state index is 6.08. The van der Waals surface area contributed by atoms with E-state index >= 15 is 0 Å². The third-order valence-corrected chi connectivity index (χ3v) is 4.05. The quantitative estimate of drug-likeness (QED) is 0.887. The van der Waals surface area contributed by atoms with E-state index in [-0.39, 0.29) is 5.54 Å². The van der Waals surface area contributed by atoms with Gasteiger partial charge in [-0.1, -0.05) is 48.7 Å². The summed E-state index contributed by atoms with van der Waals surface area (Å²) in [4.78, 5) is 0. The highest BCUT2D eigenvalue weighted by Gasteiger charge is 2.29. The van der Waals surface area contributed by atoms with Crippen molar-refractivity contribution in [3.8, 4) is 0 Å². The molecule has 0 saturated heterocycles. The van der Waals surface area contributed by atoms with Gasteiger partial charge in [0.25, 0.3) is 0 Å². The number of aromatic nitrogens is 2. The molecule has 0 radical (unpaired) electrons. The van der Waals surface area contributed by atoms with Gasteiger partial charge in [0.15, 0.2) is 11.0 Å². The molecular weight excluding hydrogens is 246 g/mol. The highest BCUT2D eigenvalue weighted by Crippen LogP contribution is 2.34. The van der Waals surface area contributed by atoms with Gasteiger partial charge in [-0.05, 0) is 19.8 Å². The predicted molar refractivity (Wildman–Crippen MR) is 75.0 cm³/mol. The van der Waals surface area contributed by atoms with Crippen LogP contribution in [0.4, 0.5) is 5.82 Å². The molecule has 2 aromatic rings. The minimum absolute atomic E-state index is 0.144. The third-order valence-electron chi connectivity index (χ3n) is 3.77. The number of nitrogens with one attached hydrogen (secondary N) is 1. The maximum absolute atomic E-state index is 6.08. The molecule has 1 fully saturated rings. The normalized spacial score (nSPS) is 18.1. The lowest BCUT2D eigenvalue weighted by Gasteiger charge is -2.26. The first-order valence-electron chi connectivity index (χ1n) is 6.37. The van der Waals surface area contributed by atoms with Gasteiger partial charge in [-0.2, -0.15) is 0 Å². The molecule has 0 atom stereocenters. The van der Waals surface area contributed by atoms with Crippen LogP contribution in [0.2, 0.25) is 5.15 Å². The van der Waals surface area contributed by atoms with E-state index in [2.05, 4.69) is 22.4 Å². The Morgan fingerprint density at radius 2 is 1.78 bits per heavy atom.